The molecule has 5 nitrogen and oxygen atoms in total. The van der Waals surface area contributed by atoms with Crippen molar-refractivity contribution in [3.05, 3.63) is 39.7 Å². The molecular weight excluding hydrogens is 272 g/mol. The van der Waals surface area contributed by atoms with E-state index in [-0.39, 0.29) is 18.3 Å². The van der Waals surface area contributed by atoms with Crippen LogP contribution in [0.4, 0.5) is 0 Å². The molecule has 1 aromatic carbocycles. The van der Waals surface area contributed by atoms with Crippen LogP contribution in [0.5, 0.6) is 5.75 Å². The van der Waals surface area contributed by atoms with Gasteiger partial charge in [-0.2, -0.15) is 0 Å². The fraction of sp³-hybridized carbons (Fsp3) is 0.375. The number of carbonyl (C=O) groups is 1. The minimum Gasteiger partial charge on any atom is -0.482 e. The van der Waals surface area contributed by atoms with Crippen molar-refractivity contribution in [1.82, 2.24) is 0 Å². The average Bonchev–Trinajstić information content (AvgIpc) is 2.42. The first-order valence-corrected chi connectivity index (χ1v) is 6.75. The van der Waals surface area contributed by atoms with Gasteiger partial charge in [0, 0.05) is 17.0 Å². The fourth-order valence-corrected chi connectivity index (χ4v) is 1.96. The number of ether oxygens (including phenoxy) is 2. The highest BCUT2D eigenvalue weighted by Gasteiger charge is 2.10. The van der Waals surface area contributed by atoms with Crippen molar-refractivity contribution >= 4 is 16.9 Å². The van der Waals surface area contributed by atoms with Crippen molar-refractivity contribution in [2.24, 2.45) is 0 Å². The number of fused-ring (bicyclic) bond motifs is 1. The fourth-order valence-electron chi connectivity index (χ4n) is 1.96. The summed E-state index contributed by atoms with van der Waals surface area (Å²) in [6.07, 6.45) is -0.179. The van der Waals surface area contributed by atoms with Crippen LogP contribution < -0.4 is 10.4 Å². The van der Waals surface area contributed by atoms with Crippen LogP contribution in [0.15, 0.2) is 27.4 Å². The van der Waals surface area contributed by atoms with E-state index in [1.807, 2.05) is 13.0 Å². The lowest BCUT2D eigenvalue weighted by atomic mass is 10.1. The van der Waals surface area contributed by atoms with Gasteiger partial charge in [-0.15, -0.1) is 0 Å². The number of hydrogen-bond donors (Lipinski definition) is 0. The normalized spacial score (nSPS) is 10.9. The van der Waals surface area contributed by atoms with E-state index in [0.29, 0.717) is 16.9 Å². The molecule has 1 aromatic heterocycles. The van der Waals surface area contributed by atoms with Gasteiger partial charge in [0.1, 0.15) is 11.3 Å². The van der Waals surface area contributed by atoms with Gasteiger partial charge in [0.2, 0.25) is 0 Å². The number of carbonyl (C=O) groups excluding carboxylic acids is 1. The van der Waals surface area contributed by atoms with E-state index < -0.39 is 5.97 Å². The Morgan fingerprint density at radius 3 is 2.62 bits per heavy atom. The first-order valence-electron chi connectivity index (χ1n) is 6.75. The Bertz CT molecular complexity index is 727. The standard InChI is InChI=1S/C16H18O5/c1-9(2)20-15(17)8-19-12-5-6-13-10(3)11(4)16(18)21-14(13)7-12/h5-7,9H,8H2,1-4H3. The number of benzene rings is 1. The summed E-state index contributed by atoms with van der Waals surface area (Å²) in [7, 11) is 0. The van der Waals surface area contributed by atoms with Crippen molar-refractivity contribution in [1.29, 1.82) is 0 Å². The van der Waals surface area contributed by atoms with Crippen LogP contribution in [0, 0.1) is 13.8 Å². The van der Waals surface area contributed by atoms with Gasteiger partial charge in [0.25, 0.3) is 0 Å². The van der Waals surface area contributed by atoms with Crippen LogP contribution in [-0.4, -0.2) is 18.7 Å². The van der Waals surface area contributed by atoms with E-state index in [4.69, 9.17) is 13.9 Å². The Labute approximate surface area is 122 Å². The molecule has 0 radical (unpaired) electrons. The molecule has 0 aliphatic heterocycles. The van der Waals surface area contributed by atoms with Gasteiger partial charge >= 0.3 is 11.6 Å². The summed E-state index contributed by atoms with van der Waals surface area (Å²) in [5.41, 5.74) is 1.55. The Kier molecular flexibility index (Phi) is 4.31. The monoisotopic (exact) mass is 290 g/mol. The zero-order valence-corrected chi connectivity index (χ0v) is 12.6. The first-order chi connectivity index (χ1) is 9.88. The van der Waals surface area contributed by atoms with Gasteiger partial charge in [-0.05, 0) is 45.4 Å². The van der Waals surface area contributed by atoms with Crippen molar-refractivity contribution < 1.29 is 18.7 Å². The van der Waals surface area contributed by atoms with E-state index in [1.54, 1.807) is 32.9 Å². The molecule has 0 N–H and O–H groups in total. The Balaban J connectivity index is 2.22. The summed E-state index contributed by atoms with van der Waals surface area (Å²) in [6, 6.07) is 5.15. The van der Waals surface area contributed by atoms with E-state index in [1.165, 1.54) is 0 Å². The number of esters is 1. The molecule has 21 heavy (non-hydrogen) atoms. The maximum atomic E-state index is 11.7. The lowest BCUT2D eigenvalue weighted by molar-refractivity contribution is -0.149. The van der Waals surface area contributed by atoms with Gasteiger partial charge in [0.15, 0.2) is 6.61 Å². The van der Waals surface area contributed by atoms with Crippen molar-refractivity contribution in [3.63, 3.8) is 0 Å². The number of aryl methyl sites for hydroxylation is 1. The lowest BCUT2D eigenvalue weighted by Gasteiger charge is -2.10. The van der Waals surface area contributed by atoms with Gasteiger partial charge < -0.3 is 13.9 Å². The summed E-state index contributed by atoms with van der Waals surface area (Å²) < 4.78 is 15.6. The molecule has 0 atom stereocenters. The molecule has 2 rings (SSSR count). The smallest absolute Gasteiger partial charge is 0.344 e. The van der Waals surface area contributed by atoms with Gasteiger partial charge in [0.05, 0.1) is 6.10 Å². The maximum Gasteiger partial charge on any atom is 0.344 e. The minimum absolute atomic E-state index is 0.179. The third kappa shape index (κ3) is 3.42. The second-order valence-corrected chi connectivity index (χ2v) is 5.12. The Morgan fingerprint density at radius 2 is 1.95 bits per heavy atom. The highest BCUT2D eigenvalue weighted by Crippen LogP contribution is 2.23. The van der Waals surface area contributed by atoms with Crippen LogP contribution in [-0.2, 0) is 9.53 Å². The van der Waals surface area contributed by atoms with Gasteiger partial charge in [-0.3, -0.25) is 0 Å². The second-order valence-electron chi connectivity index (χ2n) is 5.12. The highest BCUT2D eigenvalue weighted by atomic mass is 16.6. The molecule has 1 heterocycles. The Morgan fingerprint density at radius 1 is 1.24 bits per heavy atom. The van der Waals surface area contributed by atoms with Crippen molar-refractivity contribution in [3.8, 4) is 5.75 Å². The molecule has 2 aromatic rings. The van der Waals surface area contributed by atoms with Crippen molar-refractivity contribution in [2.45, 2.75) is 33.8 Å². The van der Waals surface area contributed by atoms with E-state index in [9.17, 15) is 9.59 Å². The molecular formula is C16H18O5. The molecule has 0 saturated heterocycles. The predicted molar refractivity (Wildman–Crippen MR) is 78.7 cm³/mol. The molecule has 0 unspecified atom stereocenters. The molecule has 0 aliphatic rings. The summed E-state index contributed by atoms with van der Waals surface area (Å²) in [5.74, 6) is 0.0150. The van der Waals surface area contributed by atoms with Crippen LogP contribution >= 0.6 is 0 Å². The van der Waals surface area contributed by atoms with E-state index in [0.717, 1.165) is 10.9 Å². The van der Waals surface area contributed by atoms with E-state index in [2.05, 4.69) is 0 Å². The summed E-state index contributed by atoms with van der Waals surface area (Å²) in [6.45, 7) is 6.96. The molecule has 0 bridgehead atoms. The molecule has 0 saturated carbocycles. The van der Waals surface area contributed by atoms with Crippen LogP contribution in [0.25, 0.3) is 11.0 Å². The highest BCUT2D eigenvalue weighted by molar-refractivity contribution is 5.82. The summed E-state index contributed by atoms with van der Waals surface area (Å²) >= 11 is 0. The Hall–Kier alpha value is -2.30. The number of rotatable bonds is 4. The molecule has 0 fully saturated rings. The van der Waals surface area contributed by atoms with Crippen LogP contribution in [0.1, 0.15) is 25.0 Å². The molecule has 0 aliphatic carbocycles. The largest absolute Gasteiger partial charge is 0.482 e. The quantitative estimate of drug-likeness (QED) is 0.640. The minimum atomic E-state index is -0.438. The third-order valence-corrected chi connectivity index (χ3v) is 3.15. The molecule has 0 spiro atoms. The average molecular weight is 290 g/mol. The first kappa shape index (κ1) is 15.1. The van der Waals surface area contributed by atoms with Gasteiger partial charge in [-0.1, -0.05) is 0 Å². The predicted octanol–water partition coefficient (Wildman–Crippen LogP) is 2.74. The van der Waals surface area contributed by atoms with Crippen LogP contribution in [0.2, 0.25) is 0 Å². The second kappa shape index (κ2) is 5.99. The summed E-state index contributed by atoms with van der Waals surface area (Å²) in [5, 5.41) is 0.851. The molecule has 5 heteroatoms. The van der Waals surface area contributed by atoms with E-state index >= 15 is 0 Å². The topological polar surface area (TPSA) is 65.7 Å². The molecule has 112 valence electrons. The zero-order valence-electron chi connectivity index (χ0n) is 12.6. The third-order valence-electron chi connectivity index (χ3n) is 3.15. The lowest BCUT2D eigenvalue weighted by Crippen LogP contribution is -2.18. The zero-order chi connectivity index (χ0) is 15.6. The number of hydrogen-bond acceptors (Lipinski definition) is 5. The van der Waals surface area contributed by atoms with Crippen LogP contribution in [0.3, 0.4) is 0 Å². The molecule has 0 amide bonds. The maximum absolute atomic E-state index is 11.7. The SMILES string of the molecule is Cc1c(C)c2ccc(OCC(=O)OC(C)C)cc2oc1=O. The van der Waals surface area contributed by atoms with Gasteiger partial charge in [-0.25, -0.2) is 9.59 Å². The summed E-state index contributed by atoms with van der Waals surface area (Å²) in [4.78, 5) is 23.1. The van der Waals surface area contributed by atoms with Crippen molar-refractivity contribution in [2.75, 3.05) is 6.61 Å².